The predicted molar refractivity (Wildman–Crippen MR) is 91.7 cm³/mol. The molecule has 0 radical (unpaired) electrons. The van der Waals surface area contributed by atoms with Crippen molar-refractivity contribution in [2.75, 3.05) is 19.0 Å². The average molecular weight is 320 g/mol. The molecule has 1 amide bonds. The Kier molecular flexibility index (Phi) is 6.86. The monoisotopic (exact) mass is 320 g/mol. The molecule has 1 saturated carbocycles. The summed E-state index contributed by atoms with van der Waals surface area (Å²) in [5, 5.41) is 16.3. The molecule has 0 heterocycles. The number of carbonyl (C=O) groups excluding carboxylic acids is 1. The number of nitrogens with one attached hydrogen (secondary N) is 2. The number of methoxy groups -OCH3 is 1. The van der Waals surface area contributed by atoms with E-state index in [0.717, 1.165) is 18.5 Å². The third-order valence-corrected chi connectivity index (χ3v) is 4.46. The number of aliphatic hydroxyl groups excluding tert-OH is 1. The quantitative estimate of drug-likeness (QED) is 0.688. The van der Waals surface area contributed by atoms with E-state index in [1.807, 2.05) is 25.1 Å². The Balaban J connectivity index is 1.71. The van der Waals surface area contributed by atoms with Crippen molar-refractivity contribution in [3.05, 3.63) is 24.3 Å². The van der Waals surface area contributed by atoms with Gasteiger partial charge < -0.3 is 20.5 Å². The zero-order chi connectivity index (χ0) is 16.7. The molecule has 1 aromatic rings. The smallest absolute Gasteiger partial charge is 0.225 e. The molecular formula is C18H28N2O3. The predicted octanol–water partition coefficient (Wildman–Crippen LogP) is 2.55. The summed E-state index contributed by atoms with van der Waals surface area (Å²) in [6.45, 7) is 2.52. The fraction of sp³-hybridized carbons (Fsp3) is 0.611. The topological polar surface area (TPSA) is 70.6 Å². The van der Waals surface area contributed by atoms with Crippen LogP contribution in [-0.4, -0.2) is 36.8 Å². The van der Waals surface area contributed by atoms with Gasteiger partial charge in [-0.25, -0.2) is 0 Å². The summed E-state index contributed by atoms with van der Waals surface area (Å²) in [7, 11) is 1.60. The Morgan fingerprint density at radius 2 is 2.13 bits per heavy atom. The third kappa shape index (κ3) is 5.84. The van der Waals surface area contributed by atoms with Gasteiger partial charge >= 0.3 is 0 Å². The Morgan fingerprint density at radius 1 is 1.39 bits per heavy atom. The minimum atomic E-state index is -0.304. The maximum Gasteiger partial charge on any atom is 0.225 e. The van der Waals surface area contributed by atoms with E-state index >= 15 is 0 Å². The SMILES string of the molecule is COc1cccc(NC(=O)CC(C)NCC(O)C2CCCC2)c1. The van der Waals surface area contributed by atoms with Crippen molar-refractivity contribution >= 4 is 11.6 Å². The zero-order valence-electron chi connectivity index (χ0n) is 14.0. The first-order valence-electron chi connectivity index (χ1n) is 8.44. The molecule has 2 rings (SSSR count). The standard InChI is InChI=1S/C18H28N2O3/c1-13(19-12-17(21)14-6-3-4-7-14)10-18(22)20-15-8-5-9-16(11-15)23-2/h5,8-9,11,13-14,17,19,21H,3-4,6-7,10,12H2,1-2H3,(H,20,22). The number of carbonyl (C=O) groups is 1. The van der Waals surface area contributed by atoms with Crippen LogP contribution in [0.4, 0.5) is 5.69 Å². The van der Waals surface area contributed by atoms with Crippen molar-refractivity contribution < 1.29 is 14.6 Å². The second-order valence-corrected chi connectivity index (χ2v) is 6.41. The van der Waals surface area contributed by atoms with Crippen molar-refractivity contribution in [3.63, 3.8) is 0 Å². The molecule has 0 bridgehead atoms. The van der Waals surface area contributed by atoms with Gasteiger partial charge in [0.05, 0.1) is 13.2 Å². The van der Waals surface area contributed by atoms with E-state index in [-0.39, 0.29) is 18.1 Å². The first-order chi connectivity index (χ1) is 11.1. The molecule has 0 saturated heterocycles. The molecule has 2 unspecified atom stereocenters. The van der Waals surface area contributed by atoms with Crippen LogP contribution in [0, 0.1) is 5.92 Å². The molecule has 0 aromatic heterocycles. The molecule has 128 valence electrons. The maximum absolute atomic E-state index is 12.1. The van der Waals surface area contributed by atoms with Gasteiger partial charge in [-0.2, -0.15) is 0 Å². The van der Waals surface area contributed by atoms with Crippen LogP contribution in [0.2, 0.25) is 0 Å². The highest BCUT2D eigenvalue weighted by Crippen LogP contribution is 2.27. The van der Waals surface area contributed by atoms with Crippen LogP contribution in [0.3, 0.4) is 0 Å². The van der Waals surface area contributed by atoms with Crippen LogP contribution in [-0.2, 0) is 4.79 Å². The highest BCUT2D eigenvalue weighted by Gasteiger charge is 2.23. The van der Waals surface area contributed by atoms with Gasteiger partial charge in [0.15, 0.2) is 0 Å². The Labute approximate surface area is 138 Å². The van der Waals surface area contributed by atoms with Crippen LogP contribution in [0.15, 0.2) is 24.3 Å². The maximum atomic E-state index is 12.1. The second kappa shape index (κ2) is 8.89. The summed E-state index contributed by atoms with van der Waals surface area (Å²) in [6, 6.07) is 7.33. The number of hydrogen-bond acceptors (Lipinski definition) is 4. The summed E-state index contributed by atoms with van der Waals surface area (Å²) >= 11 is 0. The van der Waals surface area contributed by atoms with Crippen LogP contribution < -0.4 is 15.4 Å². The molecule has 1 fully saturated rings. The van der Waals surface area contributed by atoms with Crippen LogP contribution in [0.25, 0.3) is 0 Å². The Hall–Kier alpha value is -1.59. The summed E-state index contributed by atoms with van der Waals surface area (Å²) < 4.78 is 5.14. The lowest BCUT2D eigenvalue weighted by Crippen LogP contribution is -2.38. The molecular weight excluding hydrogens is 292 g/mol. The second-order valence-electron chi connectivity index (χ2n) is 6.41. The van der Waals surface area contributed by atoms with Crippen molar-refractivity contribution in [2.45, 2.75) is 51.2 Å². The molecule has 23 heavy (non-hydrogen) atoms. The highest BCUT2D eigenvalue weighted by molar-refractivity contribution is 5.91. The largest absolute Gasteiger partial charge is 0.497 e. The molecule has 1 aromatic carbocycles. The number of aliphatic hydroxyl groups is 1. The third-order valence-electron chi connectivity index (χ3n) is 4.46. The number of amides is 1. The van der Waals surface area contributed by atoms with E-state index in [1.54, 1.807) is 13.2 Å². The fourth-order valence-corrected chi connectivity index (χ4v) is 3.09. The van der Waals surface area contributed by atoms with Gasteiger partial charge in [0.1, 0.15) is 5.75 Å². The van der Waals surface area contributed by atoms with Gasteiger partial charge in [-0.3, -0.25) is 4.79 Å². The van der Waals surface area contributed by atoms with Gasteiger partial charge in [0.2, 0.25) is 5.91 Å². The highest BCUT2D eigenvalue weighted by atomic mass is 16.5. The molecule has 5 nitrogen and oxygen atoms in total. The molecule has 1 aliphatic rings. The lowest BCUT2D eigenvalue weighted by atomic mass is 10.0. The summed E-state index contributed by atoms with van der Waals surface area (Å²) in [5.74, 6) is 1.09. The minimum Gasteiger partial charge on any atom is -0.497 e. The summed E-state index contributed by atoms with van der Waals surface area (Å²) in [6.07, 6.45) is 4.75. The van der Waals surface area contributed by atoms with Crippen LogP contribution in [0.1, 0.15) is 39.0 Å². The number of rotatable bonds is 8. The van der Waals surface area contributed by atoms with E-state index in [4.69, 9.17) is 4.74 Å². The Bertz CT molecular complexity index is 501. The van der Waals surface area contributed by atoms with Gasteiger partial charge in [-0.15, -0.1) is 0 Å². The van der Waals surface area contributed by atoms with Crippen molar-refractivity contribution in [1.29, 1.82) is 0 Å². The van der Waals surface area contributed by atoms with Gasteiger partial charge in [0, 0.05) is 30.8 Å². The van der Waals surface area contributed by atoms with Crippen LogP contribution >= 0.6 is 0 Å². The summed E-state index contributed by atoms with van der Waals surface area (Å²) in [5.41, 5.74) is 0.729. The molecule has 0 aliphatic heterocycles. The van der Waals surface area contributed by atoms with Gasteiger partial charge in [-0.1, -0.05) is 18.9 Å². The fourth-order valence-electron chi connectivity index (χ4n) is 3.09. The first-order valence-corrected chi connectivity index (χ1v) is 8.44. The van der Waals surface area contributed by atoms with E-state index in [2.05, 4.69) is 10.6 Å². The van der Waals surface area contributed by atoms with Crippen molar-refractivity contribution in [2.24, 2.45) is 5.92 Å². The van der Waals surface area contributed by atoms with E-state index in [0.29, 0.717) is 24.6 Å². The minimum absolute atomic E-state index is 0.0247. The number of anilines is 1. The van der Waals surface area contributed by atoms with Crippen molar-refractivity contribution in [3.8, 4) is 5.75 Å². The number of hydrogen-bond donors (Lipinski definition) is 3. The molecule has 5 heteroatoms. The summed E-state index contributed by atoms with van der Waals surface area (Å²) in [4.78, 5) is 12.1. The lowest BCUT2D eigenvalue weighted by molar-refractivity contribution is -0.116. The van der Waals surface area contributed by atoms with Crippen molar-refractivity contribution in [1.82, 2.24) is 5.32 Å². The van der Waals surface area contributed by atoms with Crippen LogP contribution in [0.5, 0.6) is 5.75 Å². The zero-order valence-corrected chi connectivity index (χ0v) is 14.0. The molecule has 2 atom stereocenters. The van der Waals surface area contributed by atoms with E-state index < -0.39 is 0 Å². The number of ether oxygens (including phenoxy) is 1. The number of benzene rings is 1. The van der Waals surface area contributed by atoms with Gasteiger partial charge in [-0.05, 0) is 37.8 Å². The lowest BCUT2D eigenvalue weighted by Gasteiger charge is -2.21. The van der Waals surface area contributed by atoms with E-state index in [1.165, 1.54) is 12.8 Å². The molecule has 3 N–H and O–H groups in total. The van der Waals surface area contributed by atoms with E-state index in [9.17, 15) is 9.90 Å². The normalized spacial score (nSPS) is 17.7. The first kappa shape index (κ1) is 17.8. The van der Waals surface area contributed by atoms with Gasteiger partial charge in [0.25, 0.3) is 0 Å². The molecule has 0 spiro atoms. The average Bonchev–Trinajstić information content (AvgIpc) is 3.07. The molecule has 1 aliphatic carbocycles. The Morgan fingerprint density at radius 3 is 2.83 bits per heavy atom.